The molecule has 250 valence electrons. The third-order valence-electron chi connectivity index (χ3n) is 5.39. The first-order valence-electron chi connectivity index (χ1n) is 12.5. The minimum Gasteiger partial charge on any atom is -0.396 e. The average molecular weight is 721 g/mol. The summed E-state index contributed by atoms with van der Waals surface area (Å²) in [5.41, 5.74) is 10.2. The van der Waals surface area contributed by atoms with E-state index in [1.807, 2.05) is 0 Å². The lowest BCUT2D eigenvalue weighted by molar-refractivity contribution is -0.198. The van der Waals surface area contributed by atoms with E-state index in [0.29, 0.717) is 16.9 Å². The Balaban J connectivity index is 1.96. The van der Waals surface area contributed by atoms with Crippen molar-refractivity contribution in [2.24, 2.45) is 20.5 Å². The zero-order chi connectivity index (χ0) is 33.9. The maximum absolute atomic E-state index is 12.2. The van der Waals surface area contributed by atoms with E-state index in [-0.39, 0.29) is 48.4 Å². The van der Waals surface area contributed by atoms with Gasteiger partial charge >= 0.3 is 0 Å². The van der Waals surface area contributed by atoms with Gasteiger partial charge in [-0.25, -0.2) is 9.10 Å². The second-order valence-corrected chi connectivity index (χ2v) is 13.3. The molecule has 1 atom stereocenters. The SMILES string of the molecule is COCCOOSc1ccc(N=Nc2cc(S(=O)(=O)O)c(N)c(N=Nc3ccc(S(=O)OCCOC)cc3)c2N)c(S(=O)(=O)O)c1. The fraction of sp³-hybridized carbons (Fsp3) is 0.250. The summed E-state index contributed by atoms with van der Waals surface area (Å²) >= 11 is -1.13. The van der Waals surface area contributed by atoms with Crippen molar-refractivity contribution in [3.8, 4) is 0 Å². The van der Waals surface area contributed by atoms with Crippen LogP contribution >= 0.6 is 12.0 Å². The van der Waals surface area contributed by atoms with Crippen LogP contribution in [0.15, 0.2) is 88.6 Å². The first-order valence-corrected chi connectivity index (χ1v) is 17.2. The molecule has 46 heavy (non-hydrogen) atoms. The van der Waals surface area contributed by atoms with Crippen LogP contribution in [-0.4, -0.2) is 70.8 Å². The topological polar surface area (TPSA) is 273 Å². The van der Waals surface area contributed by atoms with Crippen LogP contribution in [-0.2, 0) is 54.2 Å². The van der Waals surface area contributed by atoms with E-state index in [0.717, 1.165) is 12.1 Å². The summed E-state index contributed by atoms with van der Waals surface area (Å²) in [5.74, 6) is 0. The summed E-state index contributed by atoms with van der Waals surface area (Å²) in [4.78, 5) is 3.85. The Labute approximate surface area is 270 Å². The highest BCUT2D eigenvalue weighted by Crippen LogP contribution is 2.43. The number of nitrogen functional groups attached to an aromatic ring is 2. The van der Waals surface area contributed by atoms with Crippen molar-refractivity contribution in [1.29, 1.82) is 0 Å². The maximum Gasteiger partial charge on any atom is 0.296 e. The van der Waals surface area contributed by atoms with Crippen LogP contribution in [0.25, 0.3) is 0 Å². The molecule has 0 spiro atoms. The van der Waals surface area contributed by atoms with Crippen LogP contribution in [0, 0.1) is 0 Å². The van der Waals surface area contributed by atoms with Crippen LogP contribution in [0.3, 0.4) is 0 Å². The lowest BCUT2D eigenvalue weighted by Crippen LogP contribution is -2.05. The van der Waals surface area contributed by atoms with E-state index in [2.05, 4.69) is 20.5 Å². The number of hydrogen-bond donors (Lipinski definition) is 4. The Hall–Kier alpha value is -3.42. The molecule has 1 unspecified atom stereocenters. The number of nitrogens with two attached hydrogens (primary N) is 2. The van der Waals surface area contributed by atoms with Gasteiger partial charge < -0.3 is 20.9 Å². The number of nitrogens with zero attached hydrogens (tertiary/aromatic N) is 4. The highest BCUT2D eigenvalue weighted by Gasteiger charge is 2.23. The van der Waals surface area contributed by atoms with E-state index in [4.69, 9.17) is 34.3 Å². The van der Waals surface area contributed by atoms with Crippen molar-refractivity contribution >= 4 is 77.5 Å². The van der Waals surface area contributed by atoms with Gasteiger partial charge in [0.05, 0.1) is 53.8 Å². The van der Waals surface area contributed by atoms with Gasteiger partial charge in [0, 0.05) is 19.1 Å². The standard InChI is InChI=1S/C24H28N6O12S4/c1-38-9-11-40-42-43-16-5-8-18(20(13-16)45(32,33)34)28-29-19-14-21(46(35,36)37)23(26)24(22(19)25)30-27-15-3-6-17(7-4-15)44(31)41-12-10-39-2/h3-8,13-14H,9-12,25-26H2,1-2H3,(H,32,33,34)(H,35,36,37). The van der Waals surface area contributed by atoms with Crippen LogP contribution in [0.5, 0.6) is 0 Å². The van der Waals surface area contributed by atoms with Gasteiger partial charge in [0.1, 0.15) is 33.5 Å². The number of anilines is 2. The summed E-state index contributed by atoms with van der Waals surface area (Å²) in [6, 6.07) is 10.1. The Morgan fingerprint density at radius 3 is 2.02 bits per heavy atom. The highest BCUT2D eigenvalue weighted by molar-refractivity contribution is 7.94. The molecule has 0 bridgehead atoms. The lowest BCUT2D eigenvalue weighted by atomic mass is 10.2. The quantitative estimate of drug-likeness (QED) is 0.0285. The normalized spacial score (nSPS) is 13.1. The summed E-state index contributed by atoms with van der Waals surface area (Å²) in [5, 5.41) is 15.5. The highest BCUT2D eigenvalue weighted by atomic mass is 32.2. The predicted octanol–water partition coefficient (Wildman–Crippen LogP) is 4.46. The van der Waals surface area contributed by atoms with Gasteiger partial charge in [0.2, 0.25) is 0 Å². The Kier molecular flexibility index (Phi) is 13.6. The van der Waals surface area contributed by atoms with Gasteiger partial charge in [-0.2, -0.15) is 26.3 Å². The van der Waals surface area contributed by atoms with Crippen LogP contribution < -0.4 is 11.5 Å². The molecule has 0 aliphatic rings. The molecule has 3 rings (SSSR count). The molecule has 0 saturated heterocycles. The smallest absolute Gasteiger partial charge is 0.296 e. The van der Waals surface area contributed by atoms with Crippen molar-refractivity contribution in [1.82, 2.24) is 0 Å². The van der Waals surface area contributed by atoms with Gasteiger partial charge in [-0.1, -0.05) is 0 Å². The molecule has 22 heteroatoms. The zero-order valence-corrected chi connectivity index (χ0v) is 27.3. The van der Waals surface area contributed by atoms with Gasteiger partial charge in [-0.15, -0.1) is 15.3 Å². The Morgan fingerprint density at radius 1 is 0.761 bits per heavy atom. The first kappa shape index (κ1) is 37.0. The average Bonchev–Trinajstić information content (AvgIpc) is 3.00. The Bertz CT molecular complexity index is 1820. The first-order chi connectivity index (χ1) is 21.8. The van der Waals surface area contributed by atoms with E-state index in [1.54, 1.807) is 0 Å². The zero-order valence-electron chi connectivity index (χ0n) is 24.0. The van der Waals surface area contributed by atoms with E-state index >= 15 is 0 Å². The van der Waals surface area contributed by atoms with Crippen molar-refractivity contribution in [3.05, 3.63) is 48.5 Å². The molecule has 6 N–H and O–H groups in total. The van der Waals surface area contributed by atoms with Crippen molar-refractivity contribution in [3.63, 3.8) is 0 Å². The molecule has 0 heterocycles. The minimum atomic E-state index is -4.95. The van der Waals surface area contributed by atoms with Crippen molar-refractivity contribution in [2.75, 3.05) is 52.1 Å². The molecule has 0 aliphatic heterocycles. The Morgan fingerprint density at radius 2 is 1.39 bits per heavy atom. The fourth-order valence-corrected chi connectivity index (χ4v) is 5.77. The molecule has 0 fully saturated rings. The summed E-state index contributed by atoms with van der Waals surface area (Å²) in [6.07, 6.45) is 0. The summed E-state index contributed by atoms with van der Waals surface area (Å²) < 4.78 is 99.7. The molecule has 18 nitrogen and oxygen atoms in total. The molecular weight excluding hydrogens is 693 g/mol. The fourth-order valence-electron chi connectivity index (χ4n) is 3.22. The molecule has 0 amide bonds. The minimum absolute atomic E-state index is 0.0938. The molecule has 3 aromatic rings. The van der Waals surface area contributed by atoms with E-state index in [1.165, 1.54) is 50.6 Å². The van der Waals surface area contributed by atoms with Crippen molar-refractivity contribution < 1.29 is 53.0 Å². The largest absolute Gasteiger partial charge is 0.396 e. The number of methoxy groups -OCH3 is 2. The van der Waals surface area contributed by atoms with E-state index in [9.17, 15) is 30.1 Å². The molecule has 0 saturated carbocycles. The molecular formula is C24H28N6O12S4. The summed E-state index contributed by atoms with van der Waals surface area (Å²) in [7, 11) is -6.86. The molecule has 0 aliphatic carbocycles. The van der Waals surface area contributed by atoms with Gasteiger partial charge in [-0.3, -0.25) is 13.3 Å². The molecule has 0 radical (unpaired) electrons. The van der Waals surface area contributed by atoms with Crippen molar-refractivity contribution in [2.45, 2.75) is 19.6 Å². The second-order valence-electron chi connectivity index (χ2n) is 8.56. The second kappa shape index (κ2) is 16.9. The number of benzene rings is 3. The molecule has 3 aromatic carbocycles. The summed E-state index contributed by atoms with van der Waals surface area (Å²) in [6.45, 7) is 0.694. The van der Waals surface area contributed by atoms with Crippen LogP contribution in [0.2, 0.25) is 0 Å². The predicted molar refractivity (Wildman–Crippen MR) is 165 cm³/mol. The maximum atomic E-state index is 12.2. The van der Waals surface area contributed by atoms with Crippen LogP contribution in [0.4, 0.5) is 34.1 Å². The van der Waals surface area contributed by atoms with Gasteiger partial charge in [-0.05, 0) is 48.5 Å². The number of hydrogen-bond acceptors (Lipinski definition) is 17. The van der Waals surface area contributed by atoms with Crippen LogP contribution in [0.1, 0.15) is 0 Å². The number of azo groups is 2. The third-order valence-corrected chi connectivity index (χ3v) is 8.82. The van der Waals surface area contributed by atoms with Gasteiger partial charge in [0.25, 0.3) is 20.2 Å². The van der Waals surface area contributed by atoms with E-state index < -0.39 is 58.2 Å². The number of rotatable bonds is 17. The monoisotopic (exact) mass is 720 g/mol. The number of ether oxygens (including phenoxy) is 2. The third kappa shape index (κ3) is 10.6. The molecule has 0 aromatic heterocycles. The van der Waals surface area contributed by atoms with Gasteiger partial charge in [0.15, 0.2) is 11.1 Å². The lowest BCUT2D eigenvalue weighted by Gasteiger charge is -2.11.